The van der Waals surface area contributed by atoms with E-state index in [4.69, 9.17) is 0 Å². The number of fused-ring (bicyclic) bond motifs is 2. The third-order valence-corrected chi connectivity index (χ3v) is 4.93. The molecular weight excluding hydrogens is 336 g/mol. The molecule has 0 bridgehead atoms. The number of nitrogens with zero attached hydrogens (tertiary/aromatic N) is 4. The highest BCUT2D eigenvalue weighted by Crippen LogP contribution is 2.27. The normalized spacial score (nSPS) is 11.3. The van der Waals surface area contributed by atoms with Crippen LogP contribution in [0.1, 0.15) is 28.7 Å². The summed E-state index contributed by atoms with van der Waals surface area (Å²) < 4.78 is 1.74. The first-order valence-electron chi connectivity index (χ1n) is 9.11. The Balaban J connectivity index is 1.86. The maximum Gasteiger partial charge on any atom is 0.259 e. The number of hydrogen-bond donors (Lipinski definition) is 0. The van der Waals surface area contributed by atoms with Crippen molar-refractivity contribution < 1.29 is 4.79 Å². The van der Waals surface area contributed by atoms with E-state index in [1.165, 1.54) is 0 Å². The molecule has 0 fully saturated rings. The first kappa shape index (κ1) is 17.2. The molecular formula is C22H22N4O. The molecule has 5 nitrogen and oxygen atoms in total. The topological polar surface area (TPSA) is 51.0 Å². The fourth-order valence-electron chi connectivity index (χ4n) is 3.67. The second kappa shape index (κ2) is 6.50. The predicted molar refractivity (Wildman–Crippen MR) is 109 cm³/mol. The van der Waals surface area contributed by atoms with Crippen molar-refractivity contribution in [2.75, 3.05) is 11.4 Å². The minimum Gasteiger partial charge on any atom is -0.309 e. The van der Waals surface area contributed by atoms with E-state index in [2.05, 4.69) is 34.3 Å². The number of benzene rings is 2. The fourth-order valence-corrected chi connectivity index (χ4v) is 3.67. The Labute approximate surface area is 158 Å². The smallest absolute Gasteiger partial charge is 0.259 e. The quantitative estimate of drug-likeness (QED) is 0.545. The Morgan fingerprint density at radius 2 is 1.81 bits per heavy atom. The van der Waals surface area contributed by atoms with E-state index < -0.39 is 0 Å². The number of hydrogen-bond acceptors (Lipinski definition) is 3. The van der Waals surface area contributed by atoms with E-state index in [9.17, 15) is 4.79 Å². The van der Waals surface area contributed by atoms with E-state index in [-0.39, 0.29) is 5.91 Å². The summed E-state index contributed by atoms with van der Waals surface area (Å²) in [6, 6.07) is 16.2. The Kier molecular flexibility index (Phi) is 4.15. The standard InChI is InChI=1S/C22H22N4O/c1-5-26(18-11-10-16-8-6-7-9-17(16)13-18)22(27)19-12-14(2)23-21-20(19)15(3)24-25(21)4/h6-13H,5H2,1-4H3. The van der Waals surface area contributed by atoms with Crippen LogP contribution in [-0.4, -0.2) is 27.2 Å². The molecule has 4 aromatic rings. The second-order valence-electron chi connectivity index (χ2n) is 6.80. The largest absolute Gasteiger partial charge is 0.309 e. The van der Waals surface area contributed by atoms with Crippen LogP contribution in [0.3, 0.4) is 0 Å². The van der Waals surface area contributed by atoms with Crippen molar-refractivity contribution in [3.63, 3.8) is 0 Å². The molecule has 1 amide bonds. The van der Waals surface area contributed by atoms with Crippen LogP contribution in [0.25, 0.3) is 21.8 Å². The number of carbonyl (C=O) groups excluding carboxylic acids is 1. The number of carbonyl (C=O) groups is 1. The van der Waals surface area contributed by atoms with Gasteiger partial charge in [0.05, 0.1) is 16.6 Å². The highest BCUT2D eigenvalue weighted by atomic mass is 16.2. The average Bonchev–Trinajstić information content (AvgIpc) is 2.95. The highest BCUT2D eigenvalue weighted by molar-refractivity contribution is 6.14. The van der Waals surface area contributed by atoms with Gasteiger partial charge in [-0.25, -0.2) is 4.98 Å². The monoisotopic (exact) mass is 358 g/mol. The van der Waals surface area contributed by atoms with Crippen molar-refractivity contribution in [2.24, 2.45) is 7.05 Å². The SMILES string of the molecule is CCN(C(=O)c1cc(C)nc2c1c(C)nn2C)c1ccc2ccccc2c1. The minimum atomic E-state index is -0.0284. The van der Waals surface area contributed by atoms with Crippen molar-refractivity contribution in [2.45, 2.75) is 20.8 Å². The molecule has 2 aromatic carbocycles. The maximum absolute atomic E-state index is 13.5. The van der Waals surface area contributed by atoms with E-state index in [0.29, 0.717) is 12.1 Å². The van der Waals surface area contributed by atoms with Crippen molar-refractivity contribution in [3.8, 4) is 0 Å². The van der Waals surface area contributed by atoms with Crippen LogP contribution in [0, 0.1) is 13.8 Å². The number of pyridine rings is 1. The van der Waals surface area contributed by atoms with Crippen LogP contribution in [0.15, 0.2) is 48.5 Å². The fraction of sp³-hybridized carbons (Fsp3) is 0.227. The van der Waals surface area contributed by atoms with Gasteiger partial charge in [-0.3, -0.25) is 9.48 Å². The molecule has 0 spiro atoms. The molecule has 0 aliphatic carbocycles. The summed E-state index contributed by atoms with van der Waals surface area (Å²) >= 11 is 0. The number of aromatic nitrogens is 3. The zero-order valence-corrected chi connectivity index (χ0v) is 16.0. The van der Waals surface area contributed by atoms with Crippen LogP contribution < -0.4 is 4.90 Å². The Morgan fingerprint density at radius 1 is 1.07 bits per heavy atom. The predicted octanol–water partition coefficient (Wildman–Crippen LogP) is 4.41. The van der Waals surface area contributed by atoms with Gasteiger partial charge in [0, 0.05) is 25.0 Å². The third kappa shape index (κ3) is 2.85. The van der Waals surface area contributed by atoms with Gasteiger partial charge in [-0.05, 0) is 49.7 Å². The number of rotatable bonds is 3. The second-order valence-corrected chi connectivity index (χ2v) is 6.80. The molecule has 0 saturated carbocycles. The van der Waals surface area contributed by atoms with Crippen molar-refractivity contribution in [3.05, 3.63) is 65.5 Å². The van der Waals surface area contributed by atoms with Crippen molar-refractivity contribution >= 4 is 33.4 Å². The van der Waals surface area contributed by atoms with Gasteiger partial charge in [0.2, 0.25) is 0 Å². The molecule has 2 heterocycles. The summed E-state index contributed by atoms with van der Waals surface area (Å²) in [5.74, 6) is -0.0284. The van der Waals surface area contributed by atoms with Crippen LogP contribution in [0.2, 0.25) is 0 Å². The lowest BCUT2D eigenvalue weighted by atomic mass is 10.1. The van der Waals surface area contributed by atoms with Crippen molar-refractivity contribution in [1.29, 1.82) is 0 Å². The van der Waals surface area contributed by atoms with Gasteiger partial charge in [-0.2, -0.15) is 5.10 Å². The lowest BCUT2D eigenvalue weighted by Crippen LogP contribution is -2.31. The van der Waals surface area contributed by atoms with Gasteiger partial charge in [-0.15, -0.1) is 0 Å². The average molecular weight is 358 g/mol. The molecule has 0 unspecified atom stereocenters. The molecule has 4 rings (SSSR count). The van der Waals surface area contributed by atoms with E-state index >= 15 is 0 Å². The molecule has 27 heavy (non-hydrogen) atoms. The summed E-state index contributed by atoms with van der Waals surface area (Å²) in [5, 5.41) is 7.57. The Hall–Kier alpha value is -3.21. The van der Waals surface area contributed by atoms with E-state index in [1.807, 2.05) is 57.0 Å². The zero-order valence-electron chi connectivity index (χ0n) is 16.0. The molecule has 136 valence electrons. The van der Waals surface area contributed by atoms with Gasteiger partial charge < -0.3 is 4.90 Å². The number of amides is 1. The number of anilines is 1. The van der Waals surface area contributed by atoms with Gasteiger partial charge in [0.25, 0.3) is 5.91 Å². The molecule has 0 radical (unpaired) electrons. The van der Waals surface area contributed by atoms with Crippen LogP contribution in [-0.2, 0) is 7.05 Å². The highest BCUT2D eigenvalue weighted by Gasteiger charge is 2.22. The third-order valence-electron chi connectivity index (χ3n) is 4.93. The van der Waals surface area contributed by atoms with Crippen LogP contribution >= 0.6 is 0 Å². The lowest BCUT2D eigenvalue weighted by molar-refractivity contribution is 0.0989. The molecule has 5 heteroatoms. The molecule has 0 aliphatic heterocycles. The summed E-state index contributed by atoms with van der Waals surface area (Å²) in [4.78, 5) is 19.9. The van der Waals surface area contributed by atoms with E-state index in [0.717, 1.165) is 38.9 Å². The lowest BCUT2D eigenvalue weighted by Gasteiger charge is -2.22. The summed E-state index contributed by atoms with van der Waals surface area (Å²) in [5.41, 5.74) is 3.91. The first-order valence-corrected chi connectivity index (χ1v) is 9.11. The van der Waals surface area contributed by atoms with E-state index in [1.54, 1.807) is 4.68 Å². The van der Waals surface area contributed by atoms with Gasteiger partial charge >= 0.3 is 0 Å². The van der Waals surface area contributed by atoms with Crippen LogP contribution in [0.4, 0.5) is 5.69 Å². The molecule has 0 aliphatic rings. The molecule has 0 atom stereocenters. The van der Waals surface area contributed by atoms with Gasteiger partial charge in [0.15, 0.2) is 5.65 Å². The first-order chi connectivity index (χ1) is 13.0. The number of aryl methyl sites for hydroxylation is 3. The maximum atomic E-state index is 13.5. The minimum absolute atomic E-state index is 0.0284. The van der Waals surface area contributed by atoms with Gasteiger partial charge in [0.1, 0.15) is 0 Å². The Morgan fingerprint density at radius 3 is 2.56 bits per heavy atom. The van der Waals surface area contributed by atoms with Crippen molar-refractivity contribution in [1.82, 2.24) is 14.8 Å². The molecule has 0 N–H and O–H groups in total. The van der Waals surface area contributed by atoms with Crippen LogP contribution in [0.5, 0.6) is 0 Å². The summed E-state index contributed by atoms with van der Waals surface area (Å²) in [6.45, 7) is 6.40. The molecule has 2 aromatic heterocycles. The van der Waals surface area contributed by atoms with Gasteiger partial charge in [-0.1, -0.05) is 30.3 Å². The zero-order chi connectivity index (χ0) is 19.1. The molecule has 0 saturated heterocycles. The Bertz CT molecular complexity index is 1180. The summed E-state index contributed by atoms with van der Waals surface area (Å²) in [6.07, 6.45) is 0. The summed E-state index contributed by atoms with van der Waals surface area (Å²) in [7, 11) is 1.86.